The van der Waals surface area contributed by atoms with Crippen molar-refractivity contribution in [2.75, 3.05) is 11.5 Å². The van der Waals surface area contributed by atoms with Gasteiger partial charge in [0.1, 0.15) is 29.1 Å². The topological polar surface area (TPSA) is 80.0 Å². The molecule has 1 atom stereocenters. The molecule has 1 aliphatic rings. The molecule has 1 amide bonds. The predicted octanol–water partition coefficient (Wildman–Crippen LogP) is 4.89. The molecule has 4 rings (SSSR count). The lowest BCUT2D eigenvalue weighted by Crippen LogP contribution is -2.29. The van der Waals surface area contributed by atoms with Crippen molar-refractivity contribution in [3.05, 3.63) is 88.9 Å². The number of hydrogen-bond donors (Lipinski definition) is 1. The summed E-state index contributed by atoms with van der Waals surface area (Å²) in [4.78, 5) is 27.0. The maximum absolute atomic E-state index is 13.9. The summed E-state index contributed by atoms with van der Waals surface area (Å²) in [5, 5.41) is 11.1. The highest BCUT2D eigenvalue weighted by Gasteiger charge is 2.48. The molecule has 1 aliphatic heterocycles. The Morgan fingerprint density at radius 2 is 1.88 bits per heavy atom. The van der Waals surface area contributed by atoms with Gasteiger partial charge in [0.25, 0.3) is 11.7 Å². The van der Waals surface area contributed by atoms with Crippen molar-refractivity contribution in [3.8, 4) is 5.75 Å². The monoisotopic (exact) mass is 439 g/mol. The molecule has 0 radical (unpaired) electrons. The number of ether oxygens (including phenoxy) is 1. The first-order valence-corrected chi connectivity index (χ1v) is 9.87. The highest BCUT2D eigenvalue weighted by molar-refractivity contribution is 6.51. The van der Waals surface area contributed by atoms with E-state index in [1.165, 1.54) is 12.1 Å². The molecule has 6 nitrogen and oxygen atoms in total. The molecule has 0 spiro atoms. The van der Waals surface area contributed by atoms with E-state index in [-0.39, 0.29) is 22.6 Å². The predicted molar refractivity (Wildman–Crippen MR) is 112 cm³/mol. The number of amides is 1. The smallest absolute Gasteiger partial charge is 0.300 e. The molecule has 0 saturated carbocycles. The van der Waals surface area contributed by atoms with Crippen molar-refractivity contribution < 1.29 is 32.6 Å². The quantitative estimate of drug-likeness (QED) is 0.348. The number of aryl methyl sites for hydroxylation is 1. The van der Waals surface area contributed by atoms with Gasteiger partial charge in [0.05, 0.1) is 12.2 Å². The Morgan fingerprint density at radius 1 is 1.09 bits per heavy atom. The van der Waals surface area contributed by atoms with Crippen LogP contribution >= 0.6 is 0 Å². The van der Waals surface area contributed by atoms with Gasteiger partial charge in [-0.3, -0.25) is 14.5 Å². The van der Waals surface area contributed by atoms with Crippen molar-refractivity contribution in [1.29, 1.82) is 0 Å². The van der Waals surface area contributed by atoms with Crippen LogP contribution in [-0.4, -0.2) is 23.4 Å². The van der Waals surface area contributed by atoms with E-state index in [9.17, 15) is 23.5 Å². The molecule has 1 saturated heterocycles. The van der Waals surface area contributed by atoms with E-state index >= 15 is 0 Å². The van der Waals surface area contributed by atoms with Crippen LogP contribution in [0.2, 0.25) is 0 Å². The molecule has 1 fully saturated rings. The van der Waals surface area contributed by atoms with E-state index in [1.54, 1.807) is 44.2 Å². The van der Waals surface area contributed by atoms with E-state index in [4.69, 9.17) is 9.15 Å². The molecule has 164 valence electrons. The molecular formula is C24H19F2NO5. The maximum atomic E-state index is 13.9. The van der Waals surface area contributed by atoms with Gasteiger partial charge in [0, 0.05) is 17.3 Å². The van der Waals surface area contributed by atoms with E-state index in [1.807, 2.05) is 0 Å². The summed E-state index contributed by atoms with van der Waals surface area (Å²) >= 11 is 0. The summed E-state index contributed by atoms with van der Waals surface area (Å²) in [5.74, 6) is -3.52. The Kier molecular flexibility index (Phi) is 5.52. The van der Waals surface area contributed by atoms with Gasteiger partial charge in [-0.1, -0.05) is 12.1 Å². The zero-order chi connectivity index (χ0) is 23.0. The first-order chi connectivity index (χ1) is 15.3. The fraction of sp³-hybridized carbons (Fsp3) is 0.167. The first-order valence-electron chi connectivity index (χ1n) is 9.87. The van der Waals surface area contributed by atoms with Crippen LogP contribution in [0.1, 0.15) is 30.0 Å². The van der Waals surface area contributed by atoms with Crippen LogP contribution < -0.4 is 9.64 Å². The van der Waals surface area contributed by atoms with E-state index in [2.05, 4.69) is 0 Å². The van der Waals surface area contributed by atoms with Gasteiger partial charge in [-0.15, -0.1) is 0 Å². The Morgan fingerprint density at radius 3 is 2.53 bits per heavy atom. The fourth-order valence-electron chi connectivity index (χ4n) is 3.66. The number of benzene rings is 2. The second-order valence-corrected chi connectivity index (χ2v) is 7.18. The van der Waals surface area contributed by atoms with Crippen LogP contribution in [0.4, 0.5) is 14.5 Å². The van der Waals surface area contributed by atoms with E-state index in [0.29, 0.717) is 18.1 Å². The summed E-state index contributed by atoms with van der Waals surface area (Å²) in [6.07, 6.45) is 0. The van der Waals surface area contributed by atoms with Crippen molar-refractivity contribution in [3.63, 3.8) is 0 Å². The Labute approximate surface area is 182 Å². The molecule has 2 heterocycles. The Balaban J connectivity index is 1.91. The molecule has 1 N–H and O–H groups in total. The number of Topliss-reactive ketones (excluding diaryl/α,β-unsaturated/α-hetero) is 1. The highest BCUT2D eigenvalue weighted by Crippen LogP contribution is 2.43. The van der Waals surface area contributed by atoms with E-state index < -0.39 is 35.1 Å². The number of anilines is 1. The van der Waals surface area contributed by atoms with Gasteiger partial charge in [-0.05, 0) is 50.2 Å². The number of ketones is 1. The summed E-state index contributed by atoms with van der Waals surface area (Å²) < 4.78 is 38.5. The van der Waals surface area contributed by atoms with Gasteiger partial charge >= 0.3 is 0 Å². The second kappa shape index (κ2) is 8.30. The molecule has 0 bridgehead atoms. The minimum absolute atomic E-state index is 0.0489. The third-order valence-electron chi connectivity index (χ3n) is 5.07. The number of rotatable bonds is 5. The number of halogens is 2. The standard InChI is InChI=1S/C24H19F2NO5/c1-3-31-16-6-4-5-14(11-16)22(28)20-21(19-10-7-13(2)32-19)27(24(30)23(20)29)15-8-9-17(25)18(26)12-15/h4-12,21,28H,3H2,1-2H3/b22-20-. The van der Waals surface area contributed by atoms with Gasteiger partial charge in [0.15, 0.2) is 11.6 Å². The van der Waals surface area contributed by atoms with Crippen LogP contribution in [0.15, 0.2) is 64.6 Å². The molecule has 0 aliphatic carbocycles. The van der Waals surface area contributed by atoms with Crippen LogP contribution in [0.5, 0.6) is 5.75 Å². The second-order valence-electron chi connectivity index (χ2n) is 7.18. The minimum atomic E-state index is -1.18. The van der Waals surface area contributed by atoms with Gasteiger partial charge in [-0.2, -0.15) is 0 Å². The third-order valence-corrected chi connectivity index (χ3v) is 5.07. The Bertz CT molecular complexity index is 1250. The first kappa shape index (κ1) is 21.3. The van der Waals surface area contributed by atoms with Gasteiger partial charge in [0.2, 0.25) is 0 Å². The van der Waals surface area contributed by atoms with Crippen molar-refractivity contribution in [2.24, 2.45) is 0 Å². The average molecular weight is 439 g/mol. The molecule has 1 aromatic heterocycles. The number of furan rings is 1. The summed E-state index contributed by atoms with van der Waals surface area (Å²) in [6, 6.07) is 11.3. The molecule has 32 heavy (non-hydrogen) atoms. The number of aliphatic hydroxyl groups is 1. The van der Waals surface area contributed by atoms with Gasteiger partial charge < -0.3 is 14.3 Å². The number of carbonyl (C=O) groups excluding carboxylic acids is 2. The summed E-state index contributed by atoms with van der Waals surface area (Å²) in [6.45, 7) is 3.88. The normalized spacial score (nSPS) is 17.8. The van der Waals surface area contributed by atoms with E-state index in [0.717, 1.165) is 17.0 Å². The van der Waals surface area contributed by atoms with Crippen LogP contribution in [0.25, 0.3) is 5.76 Å². The largest absolute Gasteiger partial charge is 0.507 e. The highest BCUT2D eigenvalue weighted by atomic mass is 19.2. The lowest BCUT2D eigenvalue weighted by molar-refractivity contribution is -0.132. The van der Waals surface area contributed by atoms with Gasteiger partial charge in [-0.25, -0.2) is 8.78 Å². The summed E-state index contributed by atoms with van der Waals surface area (Å²) in [7, 11) is 0. The average Bonchev–Trinajstić information content (AvgIpc) is 3.31. The fourth-order valence-corrected chi connectivity index (χ4v) is 3.66. The van der Waals surface area contributed by atoms with Crippen LogP contribution in [0.3, 0.4) is 0 Å². The van der Waals surface area contributed by atoms with Crippen molar-refractivity contribution in [1.82, 2.24) is 0 Å². The minimum Gasteiger partial charge on any atom is -0.507 e. The van der Waals surface area contributed by atoms with Crippen LogP contribution in [0, 0.1) is 18.6 Å². The summed E-state index contributed by atoms with van der Waals surface area (Å²) in [5.41, 5.74) is -0.0255. The zero-order valence-electron chi connectivity index (χ0n) is 17.3. The zero-order valence-corrected chi connectivity index (χ0v) is 17.3. The molecule has 8 heteroatoms. The van der Waals surface area contributed by atoms with Crippen molar-refractivity contribution in [2.45, 2.75) is 19.9 Å². The van der Waals surface area contributed by atoms with Crippen LogP contribution in [-0.2, 0) is 9.59 Å². The molecule has 1 unspecified atom stereocenters. The maximum Gasteiger partial charge on any atom is 0.300 e. The number of carbonyl (C=O) groups is 2. The lowest BCUT2D eigenvalue weighted by Gasteiger charge is -2.23. The number of aliphatic hydroxyl groups excluding tert-OH is 1. The third kappa shape index (κ3) is 3.64. The lowest BCUT2D eigenvalue weighted by atomic mass is 9.99. The number of nitrogens with zero attached hydrogens (tertiary/aromatic N) is 1. The SMILES string of the molecule is CCOc1cccc(/C(O)=C2/C(=O)C(=O)N(c3ccc(F)c(F)c3)C2c2ccc(C)o2)c1. The molecule has 3 aromatic rings. The molecular weight excluding hydrogens is 420 g/mol. The van der Waals surface area contributed by atoms with Crippen molar-refractivity contribution >= 4 is 23.1 Å². The number of hydrogen-bond acceptors (Lipinski definition) is 5. The molecule has 2 aromatic carbocycles. The Hall–Kier alpha value is -3.94.